The number of thiazole rings is 1. The molecule has 1 aromatic heterocycles. The molecule has 7 heteroatoms. The molecule has 0 spiro atoms. The van der Waals surface area contributed by atoms with Crippen molar-refractivity contribution in [2.45, 2.75) is 52.2 Å². The van der Waals surface area contributed by atoms with Crippen LogP contribution in [0.5, 0.6) is 5.75 Å². The third-order valence-electron chi connectivity index (χ3n) is 7.28. The molecule has 1 saturated heterocycles. The molecular formula is C28H36ClN3O2S. The van der Waals surface area contributed by atoms with Crippen LogP contribution in [0.15, 0.2) is 36.4 Å². The van der Waals surface area contributed by atoms with Crippen molar-refractivity contribution in [2.75, 3.05) is 26.2 Å². The van der Waals surface area contributed by atoms with Crippen LogP contribution in [0.3, 0.4) is 0 Å². The first kappa shape index (κ1) is 26.1. The van der Waals surface area contributed by atoms with E-state index >= 15 is 0 Å². The van der Waals surface area contributed by atoms with Crippen LogP contribution in [-0.4, -0.2) is 42.4 Å². The van der Waals surface area contributed by atoms with Crippen molar-refractivity contribution >= 4 is 23.7 Å². The molecule has 0 saturated carbocycles. The Kier molecular flexibility index (Phi) is 8.84. The van der Waals surface area contributed by atoms with E-state index in [-0.39, 0.29) is 18.5 Å². The Morgan fingerprint density at radius 2 is 1.80 bits per heavy atom. The van der Waals surface area contributed by atoms with Crippen LogP contribution in [0.1, 0.15) is 41.0 Å². The minimum Gasteiger partial charge on any atom is -0.493 e. The Bertz CT molecular complexity index is 1130. The van der Waals surface area contributed by atoms with Gasteiger partial charge in [-0.1, -0.05) is 30.3 Å². The molecule has 5 nitrogen and oxygen atoms in total. The number of nitrogens with zero attached hydrogens (tertiary/aromatic N) is 1. The third kappa shape index (κ3) is 5.73. The number of rotatable bonds is 7. The van der Waals surface area contributed by atoms with Gasteiger partial charge in [0.05, 0.1) is 18.4 Å². The van der Waals surface area contributed by atoms with Crippen molar-refractivity contribution in [1.29, 1.82) is 0 Å². The number of fused-ring (bicyclic) bond motifs is 1. The zero-order valence-corrected chi connectivity index (χ0v) is 22.2. The summed E-state index contributed by atoms with van der Waals surface area (Å²) in [6.45, 7) is 8.77. The smallest absolute Gasteiger partial charge is 0.124 e. The molecule has 2 aliphatic rings. The van der Waals surface area contributed by atoms with Crippen molar-refractivity contribution in [1.82, 2.24) is 15.6 Å². The van der Waals surface area contributed by atoms with E-state index in [0.717, 1.165) is 62.6 Å². The second kappa shape index (κ2) is 11.8. The summed E-state index contributed by atoms with van der Waals surface area (Å²) < 4.78 is 6.22. The number of aliphatic hydroxyl groups excluding tert-OH is 1. The lowest BCUT2D eigenvalue weighted by molar-refractivity contribution is 0.0711. The summed E-state index contributed by atoms with van der Waals surface area (Å²) in [6, 6.07) is 12.9. The van der Waals surface area contributed by atoms with Gasteiger partial charge in [0.25, 0.3) is 0 Å². The second-order valence-electron chi connectivity index (χ2n) is 9.53. The quantitative estimate of drug-likeness (QED) is 0.374. The molecule has 0 amide bonds. The van der Waals surface area contributed by atoms with Gasteiger partial charge in [0.1, 0.15) is 10.8 Å². The summed E-state index contributed by atoms with van der Waals surface area (Å²) in [5.74, 6) is 1.28. The van der Waals surface area contributed by atoms with Crippen molar-refractivity contribution in [3.8, 4) is 27.4 Å². The number of aliphatic hydroxyl groups is 1. The van der Waals surface area contributed by atoms with E-state index in [1.54, 1.807) is 0 Å². The van der Waals surface area contributed by atoms with Crippen molar-refractivity contribution < 1.29 is 9.84 Å². The Morgan fingerprint density at radius 3 is 2.60 bits per heavy atom. The maximum absolute atomic E-state index is 10.2. The number of ether oxygens (including phenoxy) is 1. The van der Waals surface area contributed by atoms with Gasteiger partial charge in [-0.15, -0.1) is 23.7 Å². The zero-order valence-electron chi connectivity index (χ0n) is 20.6. The first-order chi connectivity index (χ1) is 16.6. The average molecular weight is 514 g/mol. The molecule has 3 N–H and O–H groups in total. The molecule has 2 unspecified atom stereocenters. The number of piperidine rings is 1. The molecule has 0 bridgehead atoms. The molecular weight excluding hydrogens is 478 g/mol. The molecule has 0 aliphatic carbocycles. The summed E-state index contributed by atoms with van der Waals surface area (Å²) in [5.41, 5.74) is 7.32. The fraction of sp³-hybridized carbons (Fsp3) is 0.464. The maximum Gasteiger partial charge on any atom is 0.124 e. The largest absolute Gasteiger partial charge is 0.493 e. The van der Waals surface area contributed by atoms with Crippen LogP contribution in [-0.2, 0) is 13.0 Å². The summed E-state index contributed by atoms with van der Waals surface area (Å²) >= 11 is 1.84. The van der Waals surface area contributed by atoms with Gasteiger partial charge in [-0.3, -0.25) is 0 Å². The molecule has 35 heavy (non-hydrogen) atoms. The fourth-order valence-corrected chi connectivity index (χ4v) is 6.35. The number of hydrogen-bond donors (Lipinski definition) is 3. The maximum atomic E-state index is 10.2. The van der Waals surface area contributed by atoms with E-state index in [0.29, 0.717) is 12.5 Å². The Labute approximate surface area is 218 Å². The second-order valence-corrected chi connectivity index (χ2v) is 10.6. The minimum atomic E-state index is -0.179. The molecule has 1 fully saturated rings. The summed E-state index contributed by atoms with van der Waals surface area (Å²) in [7, 11) is 0. The van der Waals surface area contributed by atoms with Gasteiger partial charge in [-0.25, -0.2) is 4.98 Å². The van der Waals surface area contributed by atoms with E-state index < -0.39 is 0 Å². The topological polar surface area (TPSA) is 66.4 Å². The van der Waals surface area contributed by atoms with Gasteiger partial charge in [-0.05, 0) is 80.3 Å². The minimum absolute atomic E-state index is 0. The average Bonchev–Trinajstić information content (AvgIpc) is 3.28. The number of nitrogens with one attached hydrogen (secondary N) is 2. The highest BCUT2D eigenvalue weighted by atomic mass is 35.5. The predicted molar refractivity (Wildman–Crippen MR) is 147 cm³/mol. The van der Waals surface area contributed by atoms with Crippen molar-refractivity contribution in [3.05, 3.63) is 58.1 Å². The summed E-state index contributed by atoms with van der Waals surface area (Å²) in [5, 5.41) is 18.1. The fourth-order valence-electron chi connectivity index (χ4n) is 5.19. The molecule has 2 aliphatic heterocycles. The monoisotopic (exact) mass is 513 g/mol. The van der Waals surface area contributed by atoms with Gasteiger partial charge < -0.3 is 20.5 Å². The standard InChI is InChI=1S/C28H35N3O2S.ClH/c1-18-21(7-3-9-23(18)28-31-24-17-30-14-12-27(24)34-28)22-8-4-10-26(19(22)2)33-15-5-6-20-16-29-13-11-25(20)32;/h3-4,7-10,20,25,29-30,32H,5-6,11-17H2,1-2H3;1H. The highest BCUT2D eigenvalue weighted by Gasteiger charge is 2.22. The first-order valence-corrected chi connectivity index (χ1v) is 13.3. The number of benzene rings is 2. The Morgan fingerprint density at radius 1 is 1.03 bits per heavy atom. The van der Waals surface area contributed by atoms with Crippen molar-refractivity contribution in [3.63, 3.8) is 0 Å². The van der Waals surface area contributed by atoms with Crippen LogP contribution < -0.4 is 15.4 Å². The van der Waals surface area contributed by atoms with Gasteiger partial charge >= 0.3 is 0 Å². The molecule has 0 radical (unpaired) electrons. The molecule has 2 aromatic carbocycles. The lowest BCUT2D eigenvalue weighted by Crippen LogP contribution is -2.39. The molecule has 2 atom stereocenters. The van der Waals surface area contributed by atoms with Gasteiger partial charge in [-0.2, -0.15) is 0 Å². The number of aromatic nitrogens is 1. The summed E-state index contributed by atoms with van der Waals surface area (Å²) in [4.78, 5) is 6.38. The number of hydrogen-bond acceptors (Lipinski definition) is 6. The van der Waals surface area contributed by atoms with E-state index in [1.165, 1.54) is 38.4 Å². The lowest BCUT2D eigenvalue weighted by Gasteiger charge is -2.28. The van der Waals surface area contributed by atoms with Crippen LogP contribution in [0.4, 0.5) is 0 Å². The van der Waals surface area contributed by atoms with E-state index in [9.17, 15) is 5.11 Å². The van der Waals surface area contributed by atoms with Crippen LogP contribution in [0, 0.1) is 19.8 Å². The molecule has 3 aromatic rings. The van der Waals surface area contributed by atoms with E-state index in [2.05, 4.69) is 60.9 Å². The van der Waals surface area contributed by atoms with Gasteiger partial charge in [0.15, 0.2) is 0 Å². The normalized spacial score (nSPS) is 19.6. The zero-order chi connectivity index (χ0) is 23.5. The highest BCUT2D eigenvalue weighted by Crippen LogP contribution is 2.38. The van der Waals surface area contributed by atoms with E-state index in [4.69, 9.17) is 9.72 Å². The molecule has 188 valence electrons. The predicted octanol–water partition coefficient (Wildman–Crippen LogP) is 5.29. The van der Waals surface area contributed by atoms with Crippen LogP contribution in [0.2, 0.25) is 0 Å². The summed E-state index contributed by atoms with van der Waals surface area (Å²) in [6.07, 6.45) is 3.68. The van der Waals surface area contributed by atoms with Crippen LogP contribution >= 0.6 is 23.7 Å². The van der Waals surface area contributed by atoms with Crippen LogP contribution in [0.25, 0.3) is 21.7 Å². The van der Waals surface area contributed by atoms with Crippen molar-refractivity contribution in [2.24, 2.45) is 5.92 Å². The third-order valence-corrected chi connectivity index (χ3v) is 8.47. The van der Waals surface area contributed by atoms with Gasteiger partial charge in [0.2, 0.25) is 0 Å². The van der Waals surface area contributed by atoms with Gasteiger partial charge in [0, 0.05) is 30.1 Å². The Balaban J connectivity index is 0.00000289. The highest BCUT2D eigenvalue weighted by molar-refractivity contribution is 7.15. The Hall–Kier alpha value is -1.96. The first-order valence-electron chi connectivity index (χ1n) is 12.5. The molecule has 5 rings (SSSR count). The lowest BCUT2D eigenvalue weighted by atomic mass is 9.92. The van der Waals surface area contributed by atoms with E-state index in [1.807, 2.05) is 11.3 Å². The molecule has 3 heterocycles. The SMILES string of the molecule is Cc1c(OCCCC2CNCCC2O)cccc1-c1cccc(-c2nc3c(s2)CCNC3)c1C.Cl. The number of halogens is 1.